The number of morpholine rings is 1. The van der Waals surface area contributed by atoms with Gasteiger partial charge in [0, 0.05) is 18.8 Å². The Labute approximate surface area is 103 Å². The summed E-state index contributed by atoms with van der Waals surface area (Å²) < 4.78 is 5.72. The van der Waals surface area contributed by atoms with Crippen molar-refractivity contribution in [1.29, 1.82) is 0 Å². The van der Waals surface area contributed by atoms with Gasteiger partial charge in [0.15, 0.2) is 0 Å². The number of hydrogen-bond donors (Lipinski definition) is 1. The van der Waals surface area contributed by atoms with Crippen LogP contribution in [0.1, 0.15) is 32.4 Å². The molecule has 0 radical (unpaired) electrons. The second-order valence-electron chi connectivity index (χ2n) is 4.93. The van der Waals surface area contributed by atoms with Gasteiger partial charge >= 0.3 is 0 Å². The van der Waals surface area contributed by atoms with Crippen LogP contribution in [-0.4, -0.2) is 30.4 Å². The molecule has 3 nitrogen and oxygen atoms in total. The van der Waals surface area contributed by atoms with Crippen molar-refractivity contribution in [3.05, 3.63) is 29.8 Å². The van der Waals surface area contributed by atoms with Gasteiger partial charge < -0.3 is 14.7 Å². The molecule has 1 aromatic carbocycles. The highest BCUT2D eigenvalue weighted by molar-refractivity contribution is 5.48. The zero-order chi connectivity index (χ0) is 12.4. The van der Waals surface area contributed by atoms with Crippen molar-refractivity contribution in [2.24, 2.45) is 0 Å². The first-order valence-electron chi connectivity index (χ1n) is 6.24. The van der Waals surface area contributed by atoms with Crippen molar-refractivity contribution < 1.29 is 9.84 Å². The number of ether oxygens (including phenoxy) is 1. The monoisotopic (exact) mass is 235 g/mol. The zero-order valence-corrected chi connectivity index (χ0v) is 10.8. The van der Waals surface area contributed by atoms with E-state index in [1.165, 1.54) is 5.69 Å². The molecule has 2 rings (SSSR count). The van der Waals surface area contributed by atoms with E-state index in [0.717, 1.165) is 18.7 Å². The minimum atomic E-state index is -0.397. The van der Waals surface area contributed by atoms with Crippen molar-refractivity contribution in [2.45, 2.75) is 39.1 Å². The lowest BCUT2D eigenvalue weighted by Gasteiger charge is -2.37. The van der Waals surface area contributed by atoms with Crippen LogP contribution >= 0.6 is 0 Å². The lowest BCUT2D eigenvalue weighted by atomic mass is 10.1. The third kappa shape index (κ3) is 2.99. The van der Waals surface area contributed by atoms with Crippen molar-refractivity contribution in [2.75, 3.05) is 18.0 Å². The summed E-state index contributed by atoms with van der Waals surface area (Å²) in [7, 11) is 0. The summed E-state index contributed by atoms with van der Waals surface area (Å²) >= 11 is 0. The van der Waals surface area contributed by atoms with Crippen LogP contribution in [0.2, 0.25) is 0 Å². The number of benzene rings is 1. The fraction of sp³-hybridized carbons (Fsp3) is 0.571. The third-order valence-corrected chi connectivity index (χ3v) is 3.16. The fourth-order valence-electron chi connectivity index (χ4n) is 2.35. The van der Waals surface area contributed by atoms with Crippen molar-refractivity contribution in [3.8, 4) is 0 Å². The molecular formula is C14H21NO2. The zero-order valence-electron chi connectivity index (χ0n) is 10.8. The molecule has 3 heteroatoms. The Morgan fingerprint density at radius 1 is 1.18 bits per heavy atom. The van der Waals surface area contributed by atoms with Gasteiger partial charge in [0.1, 0.15) is 0 Å². The lowest BCUT2D eigenvalue weighted by Crippen LogP contribution is -2.45. The number of anilines is 1. The molecule has 1 heterocycles. The van der Waals surface area contributed by atoms with Gasteiger partial charge in [-0.25, -0.2) is 0 Å². The first-order valence-corrected chi connectivity index (χ1v) is 6.24. The van der Waals surface area contributed by atoms with Gasteiger partial charge in [0.2, 0.25) is 0 Å². The van der Waals surface area contributed by atoms with Crippen molar-refractivity contribution in [1.82, 2.24) is 0 Å². The largest absolute Gasteiger partial charge is 0.389 e. The Hall–Kier alpha value is -1.06. The van der Waals surface area contributed by atoms with E-state index in [9.17, 15) is 5.11 Å². The van der Waals surface area contributed by atoms with E-state index in [2.05, 4.69) is 30.9 Å². The highest BCUT2D eigenvalue weighted by Gasteiger charge is 2.22. The molecule has 1 N–H and O–H groups in total. The third-order valence-electron chi connectivity index (χ3n) is 3.16. The lowest BCUT2D eigenvalue weighted by molar-refractivity contribution is -0.00522. The van der Waals surface area contributed by atoms with Crippen molar-refractivity contribution >= 4 is 5.69 Å². The van der Waals surface area contributed by atoms with Crippen LogP contribution in [0.15, 0.2) is 24.3 Å². The molecule has 0 aliphatic carbocycles. The summed E-state index contributed by atoms with van der Waals surface area (Å²) in [6.45, 7) is 7.85. The molecule has 94 valence electrons. The molecule has 1 aliphatic heterocycles. The Morgan fingerprint density at radius 3 is 2.18 bits per heavy atom. The number of aliphatic hydroxyl groups excluding tert-OH is 1. The van der Waals surface area contributed by atoms with Crippen LogP contribution in [0.4, 0.5) is 5.69 Å². The number of nitrogens with zero attached hydrogens (tertiary/aromatic N) is 1. The summed E-state index contributed by atoms with van der Waals surface area (Å²) in [6, 6.07) is 8.13. The Balaban J connectivity index is 2.11. The van der Waals surface area contributed by atoms with Gasteiger partial charge in [-0.3, -0.25) is 0 Å². The first-order chi connectivity index (χ1) is 8.06. The predicted molar refractivity (Wildman–Crippen MR) is 69.3 cm³/mol. The average Bonchev–Trinajstić information content (AvgIpc) is 2.28. The Kier molecular flexibility index (Phi) is 3.69. The highest BCUT2D eigenvalue weighted by Crippen LogP contribution is 2.22. The molecule has 1 fully saturated rings. The summed E-state index contributed by atoms with van der Waals surface area (Å²) in [5, 5.41) is 9.48. The number of aliphatic hydroxyl groups is 1. The van der Waals surface area contributed by atoms with Crippen molar-refractivity contribution in [3.63, 3.8) is 0 Å². The predicted octanol–water partition coefficient (Wildman–Crippen LogP) is 2.35. The Morgan fingerprint density at radius 2 is 1.71 bits per heavy atom. The molecule has 0 spiro atoms. The van der Waals surface area contributed by atoms with Crippen LogP contribution in [0, 0.1) is 0 Å². The number of rotatable bonds is 2. The quantitative estimate of drug-likeness (QED) is 0.854. The number of hydrogen-bond acceptors (Lipinski definition) is 3. The summed E-state index contributed by atoms with van der Waals surface area (Å²) in [6.07, 6.45) is 0.150. The van der Waals surface area contributed by atoms with E-state index in [-0.39, 0.29) is 12.2 Å². The van der Waals surface area contributed by atoms with Crippen LogP contribution in [0.5, 0.6) is 0 Å². The normalized spacial score (nSPS) is 26.9. The van der Waals surface area contributed by atoms with Crippen LogP contribution in [0.25, 0.3) is 0 Å². The van der Waals surface area contributed by atoms with Gasteiger partial charge in [-0.15, -0.1) is 0 Å². The summed E-state index contributed by atoms with van der Waals surface area (Å²) in [5.41, 5.74) is 2.17. The molecule has 1 aromatic rings. The first kappa shape index (κ1) is 12.4. The molecule has 1 saturated heterocycles. The molecule has 1 aliphatic rings. The van der Waals surface area contributed by atoms with E-state index < -0.39 is 6.10 Å². The van der Waals surface area contributed by atoms with Crippen LogP contribution < -0.4 is 4.90 Å². The maximum Gasteiger partial charge on any atom is 0.0761 e. The maximum absolute atomic E-state index is 9.48. The Bertz CT molecular complexity index is 351. The van der Waals surface area contributed by atoms with Gasteiger partial charge in [-0.05, 0) is 38.5 Å². The summed E-state index contributed by atoms with van der Waals surface area (Å²) in [4.78, 5) is 2.34. The van der Waals surface area contributed by atoms with Gasteiger partial charge in [0.05, 0.1) is 18.3 Å². The van der Waals surface area contributed by atoms with E-state index in [1.807, 2.05) is 12.1 Å². The molecule has 3 atom stereocenters. The minimum absolute atomic E-state index is 0.273. The fourth-order valence-corrected chi connectivity index (χ4v) is 2.35. The maximum atomic E-state index is 9.48. The molecule has 0 bridgehead atoms. The summed E-state index contributed by atoms with van der Waals surface area (Å²) in [5.74, 6) is 0. The second kappa shape index (κ2) is 5.07. The molecule has 0 saturated carbocycles. The van der Waals surface area contributed by atoms with Crippen LogP contribution in [0.3, 0.4) is 0 Å². The highest BCUT2D eigenvalue weighted by atomic mass is 16.5. The van der Waals surface area contributed by atoms with E-state index >= 15 is 0 Å². The second-order valence-corrected chi connectivity index (χ2v) is 4.93. The van der Waals surface area contributed by atoms with E-state index in [0.29, 0.717) is 0 Å². The van der Waals surface area contributed by atoms with Crippen LogP contribution in [-0.2, 0) is 4.74 Å². The smallest absolute Gasteiger partial charge is 0.0761 e. The molecule has 0 aromatic heterocycles. The standard InChI is InChI=1S/C14H21NO2/c1-10-8-15(9-11(2)17-10)14-6-4-13(5-7-14)12(3)16/h4-7,10-12,16H,8-9H2,1-3H3/t10-,11+,12-/m0/s1. The minimum Gasteiger partial charge on any atom is -0.389 e. The topological polar surface area (TPSA) is 32.7 Å². The molecule has 0 unspecified atom stereocenters. The average molecular weight is 235 g/mol. The van der Waals surface area contributed by atoms with Gasteiger partial charge in [-0.2, -0.15) is 0 Å². The molecule has 0 amide bonds. The van der Waals surface area contributed by atoms with E-state index in [1.54, 1.807) is 6.92 Å². The SMILES string of the molecule is C[C@@H]1CN(c2ccc([C@H](C)O)cc2)C[C@H](C)O1. The van der Waals surface area contributed by atoms with Gasteiger partial charge in [-0.1, -0.05) is 12.1 Å². The van der Waals surface area contributed by atoms with E-state index in [4.69, 9.17) is 4.74 Å². The molecular weight excluding hydrogens is 214 g/mol. The molecule has 17 heavy (non-hydrogen) atoms. The van der Waals surface area contributed by atoms with Gasteiger partial charge in [0.25, 0.3) is 0 Å².